The molecule has 0 radical (unpaired) electrons. The minimum atomic E-state index is -0.942. The molecule has 5 nitrogen and oxygen atoms in total. The van der Waals surface area contributed by atoms with E-state index < -0.39 is 16.5 Å². The van der Waals surface area contributed by atoms with Gasteiger partial charge in [0.15, 0.2) is 0 Å². The van der Waals surface area contributed by atoms with Crippen molar-refractivity contribution in [1.82, 2.24) is 5.32 Å². The van der Waals surface area contributed by atoms with Crippen LogP contribution >= 0.6 is 11.8 Å². The van der Waals surface area contributed by atoms with Gasteiger partial charge in [-0.25, -0.2) is 0 Å². The molecule has 0 aromatic heterocycles. The van der Waals surface area contributed by atoms with Gasteiger partial charge in [0.2, 0.25) is 11.8 Å². The van der Waals surface area contributed by atoms with Crippen molar-refractivity contribution in [3.05, 3.63) is 0 Å². The molecule has 6 heteroatoms. The second-order valence-electron chi connectivity index (χ2n) is 3.74. The van der Waals surface area contributed by atoms with Crippen molar-refractivity contribution < 1.29 is 19.5 Å². The van der Waals surface area contributed by atoms with Gasteiger partial charge in [0.05, 0.1) is 5.25 Å². The van der Waals surface area contributed by atoms with E-state index in [4.69, 9.17) is 5.11 Å². The predicted molar refractivity (Wildman–Crippen MR) is 55.4 cm³/mol. The van der Waals surface area contributed by atoms with Gasteiger partial charge >= 0.3 is 5.97 Å². The van der Waals surface area contributed by atoms with Gasteiger partial charge in [-0.1, -0.05) is 13.8 Å². The van der Waals surface area contributed by atoms with E-state index in [1.54, 1.807) is 13.8 Å². The average Bonchev–Trinajstić information content (AvgIpc) is 2.39. The Morgan fingerprint density at radius 2 is 2.13 bits per heavy atom. The van der Waals surface area contributed by atoms with E-state index in [9.17, 15) is 14.4 Å². The molecule has 1 rings (SSSR count). The Balaban J connectivity index is 2.63. The van der Waals surface area contributed by atoms with Crippen molar-refractivity contribution >= 4 is 29.5 Å². The number of imide groups is 1. The van der Waals surface area contributed by atoms with Gasteiger partial charge in [0.1, 0.15) is 5.25 Å². The summed E-state index contributed by atoms with van der Waals surface area (Å²) in [4.78, 5) is 33.0. The maximum atomic E-state index is 11.2. The van der Waals surface area contributed by atoms with Crippen LogP contribution in [0.5, 0.6) is 0 Å². The van der Waals surface area contributed by atoms with E-state index in [0.29, 0.717) is 0 Å². The molecular formula is C9H13NO4S. The lowest BCUT2D eigenvalue weighted by Crippen LogP contribution is -2.29. The average molecular weight is 231 g/mol. The molecule has 2 atom stereocenters. The molecular weight excluding hydrogens is 218 g/mol. The largest absolute Gasteiger partial charge is 0.480 e. The third-order valence-corrected chi connectivity index (χ3v) is 3.83. The van der Waals surface area contributed by atoms with Crippen LogP contribution in [-0.2, 0) is 14.4 Å². The molecule has 15 heavy (non-hydrogen) atoms. The lowest BCUT2D eigenvalue weighted by molar-refractivity contribution is -0.137. The summed E-state index contributed by atoms with van der Waals surface area (Å²) in [6.45, 7) is 3.56. The second kappa shape index (κ2) is 4.65. The molecule has 0 aromatic carbocycles. The second-order valence-corrected chi connectivity index (χ2v) is 5.09. The Kier molecular flexibility index (Phi) is 3.73. The molecule has 1 saturated heterocycles. The first-order chi connectivity index (χ1) is 6.91. The normalized spacial score (nSPS) is 23.0. The number of rotatable bonds is 4. The van der Waals surface area contributed by atoms with Crippen LogP contribution in [0.2, 0.25) is 0 Å². The number of thioether (sulfide) groups is 1. The molecule has 1 fully saturated rings. The molecule has 0 aliphatic carbocycles. The zero-order valence-corrected chi connectivity index (χ0v) is 9.34. The molecule has 2 amide bonds. The summed E-state index contributed by atoms with van der Waals surface area (Å²) in [6, 6.07) is 0. The number of carboxylic acids is 1. The van der Waals surface area contributed by atoms with Gasteiger partial charge in [0, 0.05) is 6.42 Å². The standard InChI is InChI=1S/C9H13NO4S/c1-4(2)7(9(13)14)15-5-3-6(11)10-8(5)12/h4-5,7H,3H2,1-2H3,(H,13,14)(H,10,11,12). The zero-order valence-electron chi connectivity index (χ0n) is 8.52. The van der Waals surface area contributed by atoms with Crippen molar-refractivity contribution in [3.8, 4) is 0 Å². The van der Waals surface area contributed by atoms with Gasteiger partial charge in [-0.15, -0.1) is 11.8 Å². The van der Waals surface area contributed by atoms with Gasteiger partial charge < -0.3 is 5.11 Å². The molecule has 1 aliphatic heterocycles. The van der Waals surface area contributed by atoms with Crippen molar-refractivity contribution in [2.45, 2.75) is 30.8 Å². The van der Waals surface area contributed by atoms with E-state index in [-0.39, 0.29) is 24.2 Å². The van der Waals surface area contributed by atoms with Crippen LogP contribution in [0.1, 0.15) is 20.3 Å². The van der Waals surface area contributed by atoms with Crippen LogP contribution in [0, 0.1) is 5.92 Å². The SMILES string of the molecule is CC(C)C(SC1CC(=O)NC1=O)C(=O)O. The van der Waals surface area contributed by atoms with E-state index in [1.807, 2.05) is 0 Å². The molecule has 1 aliphatic rings. The lowest BCUT2D eigenvalue weighted by atomic mass is 10.1. The fourth-order valence-electron chi connectivity index (χ4n) is 1.32. The van der Waals surface area contributed by atoms with Crippen molar-refractivity contribution in [3.63, 3.8) is 0 Å². The Labute approximate surface area is 91.6 Å². The van der Waals surface area contributed by atoms with Crippen molar-refractivity contribution in [2.24, 2.45) is 5.92 Å². The molecule has 0 aromatic rings. The fraction of sp³-hybridized carbons (Fsp3) is 0.667. The number of carboxylic acid groups (broad SMARTS) is 1. The Morgan fingerprint density at radius 1 is 1.53 bits per heavy atom. The van der Waals surface area contributed by atoms with Crippen LogP contribution in [0.25, 0.3) is 0 Å². The summed E-state index contributed by atoms with van der Waals surface area (Å²) >= 11 is 1.05. The third kappa shape index (κ3) is 2.95. The van der Waals surface area contributed by atoms with Crippen LogP contribution in [-0.4, -0.2) is 33.4 Å². The fourth-order valence-corrected chi connectivity index (χ4v) is 2.53. The minimum absolute atomic E-state index is 0.0731. The highest BCUT2D eigenvalue weighted by Gasteiger charge is 2.36. The molecule has 2 N–H and O–H groups in total. The quantitative estimate of drug-likeness (QED) is 0.677. The Morgan fingerprint density at radius 3 is 2.47 bits per heavy atom. The first-order valence-electron chi connectivity index (χ1n) is 4.63. The molecule has 0 bridgehead atoms. The first-order valence-corrected chi connectivity index (χ1v) is 5.58. The van der Waals surface area contributed by atoms with Gasteiger partial charge in [-0.2, -0.15) is 0 Å². The highest BCUT2D eigenvalue weighted by Crippen LogP contribution is 2.28. The summed E-state index contributed by atoms with van der Waals surface area (Å²) in [7, 11) is 0. The summed E-state index contributed by atoms with van der Waals surface area (Å²) in [5, 5.41) is 9.88. The summed E-state index contributed by atoms with van der Waals surface area (Å²) < 4.78 is 0. The van der Waals surface area contributed by atoms with Crippen molar-refractivity contribution in [2.75, 3.05) is 0 Å². The topological polar surface area (TPSA) is 83.5 Å². The van der Waals surface area contributed by atoms with E-state index in [0.717, 1.165) is 11.8 Å². The number of carbonyl (C=O) groups is 3. The van der Waals surface area contributed by atoms with E-state index in [2.05, 4.69) is 5.32 Å². The number of hydrogen-bond acceptors (Lipinski definition) is 4. The molecule has 0 spiro atoms. The zero-order chi connectivity index (χ0) is 11.6. The minimum Gasteiger partial charge on any atom is -0.480 e. The molecule has 2 unspecified atom stereocenters. The maximum Gasteiger partial charge on any atom is 0.316 e. The number of aliphatic carboxylic acids is 1. The predicted octanol–water partition coefficient (Wildman–Crippen LogP) is 0.244. The molecule has 0 saturated carbocycles. The monoisotopic (exact) mass is 231 g/mol. The third-order valence-electron chi connectivity index (χ3n) is 2.09. The van der Waals surface area contributed by atoms with Gasteiger partial charge in [-0.3, -0.25) is 19.7 Å². The highest BCUT2D eigenvalue weighted by molar-refractivity contribution is 8.02. The summed E-state index contributed by atoms with van der Waals surface area (Å²) in [6.07, 6.45) is 0.0833. The molecule has 84 valence electrons. The van der Waals surface area contributed by atoms with Gasteiger partial charge in [0.25, 0.3) is 0 Å². The summed E-state index contributed by atoms with van der Waals surface area (Å²) in [5.74, 6) is -1.72. The lowest BCUT2D eigenvalue weighted by Gasteiger charge is -2.17. The first kappa shape index (κ1) is 12.0. The number of nitrogens with one attached hydrogen (secondary N) is 1. The van der Waals surface area contributed by atoms with Gasteiger partial charge in [-0.05, 0) is 5.92 Å². The summed E-state index contributed by atoms with van der Waals surface area (Å²) in [5.41, 5.74) is 0. The Bertz CT molecular complexity index is 302. The molecule has 1 heterocycles. The van der Waals surface area contributed by atoms with Crippen LogP contribution in [0.3, 0.4) is 0 Å². The van der Waals surface area contributed by atoms with Crippen LogP contribution < -0.4 is 5.32 Å². The maximum absolute atomic E-state index is 11.2. The van der Waals surface area contributed by atoms with E-state index in [1.165, 1.54) is 0 Å². The highest BCUT2D eigenvalue weighted by atomic mass is 32.2. The number of amides is 2. The number of carbonyl (C=O) groups excluding carboxylic acids is 2. The van der Waals surface area contributed by atoms with Crippen LogP contribution in [0.15, 0.2) is 0 Å². The van der Waals surface area contributed by atoms with E-state index >= 15 is 0 Å². The van der Waals surface area contributed by atoms with Crippen molar-refractivity contribution in [1.29, 1.82) is 0 Å². The van der Waals surface area contributed by atoms with Crippen LogP contribution in [0.4, 0.5) is 0 Å². The Hall–Kier alpha value is -1.04. The number of hydrogen-bond donors (Lipinski definition) is 2. The smallest absolute Gasteiger partial charge is 0.316 e.